The molecule has 2 rings (SSSR count). The van der Waals surface area contributed by atoms with Gasteiger partial charge in [-0.2, -0.15) is 0 Å². The van der Waals surface area contributed by atoms with Crippen LogP contribution in [0.3, 0.4) is 0 Å². The molecule has 1 unspecified atom stereocenters. The quantitative estimate of drug-likeness (QED) is 0.831. The Bertz CT molecular complexity index is 405. The lowest BCUT2D eigenvalue weighted by atomic mass is 10.1. The summed E-state index contributed by atoms with van der Waals surface area (Å²) in [7, 11) is 0. The first kappa shape index (κ1) is 15.0. The molecule has 0 aliphatic carbocycles. The van der Waals surface area contributed by atoms with Crippen LogP contribution < -0.4 is 5.73 Å². The first-order valence-corrected chi connectivity index (χ1v) is 7.84. The summed E-state index contributed by atoms with van der Waals surface area (Å²) in [6.45, 7) is 1.67. The summed E-state index contributed by atoms with van der Waals surface area (Å²) in [5, 5.41) is 0. The molecule has 0 radical (unpaired) electrons. The van der Waals surface area contributed by atoms with Gasteiger partial charge in [-0.3, -0.25) is 4.79 Å². The maximum Gasteiger partial charge on any atom is 0.222 e. The fourth-order valence-corrected chi connectivity index (χ4v) is 3.05. The highest BCUT2D eigenvalue weighted by Crippen LogP contribution is 2.22. The second-order valence-electron chi connectivity index (χ2n) is 5.65. The molecule has 1 heterocycles. The van der Waals surface area contributed by atoms with E-state index in [1.165, 1.54) is 5.56 Å². The fraction of sp³-hybridized carbons (Fsp3) is 0.588. The number of rotatable bonds is 7. The van der Waals surface area contributed by atoms with Gasteiger partial charge in [-0.25, -0.2) is 0 Å². The SMILES string of the molecule is NCCCC1CCCN1C(=O)CCCc1ccccc1. The van der Waals surface area contributed by atoms with Crippen LogP contribution in [0.2, 0.25) is 0 Å². The van der Waals surface area contributed by atoms with Crippen LogP contribution in [0.1, 0.15) is 44.1 Å². The molecule has 1 aliphatic heterocycles. The first-order chi connectivity index (χ1) is 9.81. The highest BCUT2D eigenvalue weighted by atomic mass is 16.2. The topological polar surface area (TPSA) is 46.3 Å². The third-order valence-electron chi connectivity index (χ3n) is 4.14. The second-order valence-corrected chi connectivity index (χ2v) is 5.65. The predicted octanol–water partition coefficient (Wildman–Crippen LogP) is 2.74. The van der Waals surface area contributed by atoms with Crippen LogP contribution in [-0.2, 0) is 11.2 Å². The van der Waals surface area contributed by atoms with Crippen molar-refractivity contribution in [2.75, 3.05) is 13.1 Å². The van der Waals surface area contributed by atoms with Crippen molar-refractivity contribution >= 4 is 5.91 Å². The summed E-state index contributed by atoms with van der Waals surface area (Å²) in [6, 6.07) is 10.8. The van der Waals surface area contributed by atoms with Gasteiger partial charge in [-0.05, 0) is 50.6 Å². The van der Waals surface area contributed by atoms with Gasteiger partial charge in [-0.15, -0.1) is 0 Å². The maximum absolute atomic E-state index is 12.3. The zero-order chi connectivity index (χ0) is 14.2. The Labute approximate surface area is 122 Å². The lowest BCUT2D eigenvalue weighted by Crippen LogP contribution is -2.35. The minimum atomic E-state index is 0.334. The van der Waals surface area contributed by atoms with Crippen LogP contribution in [-0.4, -0.2) is 29.9 Å². The number of amides is 1. The Kier molecular flexibility index (Phi) is 6.06. The molecule has 20 heavy (non-hydrogen) atoms. The van der Waals surface area contributed by atoms with Gasteiger partial charge in [0.1, 0.15) is 0 Å². The molecule has 1 fully saturated rings. The van der Waals surface area contributed by atoms with Gasteiger partial charge in [0, 0.05) is 19.0 Å². The summed E-state index contributed by atoms with van der Waals surface area (Å²) in [4.78, 5) is 14.4. The second kappa shape index (κ2) is 8.05. The zero-order valence-corrected chi connectivity index (χ0v) is 12.3. The number of aryl methyl sites for hydroxylation is 1. The third-order valence-corrected chi connectivity index (χ3v) is 4.14. The molecular formula is C17H26N2O. The summed E-state index contributed by atoms with van der Waals surface area (Å²) < 4.78 is 0. The van der Waals surface area contributed by atoms with Crippen molar-refractivity contribution in [2.45, 2.75) is 51.0 Å². The Balaban J connectivity index is 1.73. The summed E-state index contributed by atoms with van der Waals surface area (Å²) in [5.41, 5.74) is 6.89. The Morgan fingerprint density at radius 1 is 1.25 bits per heavy atom. The normalized spacial score (nSPS) is 18.4. The lowest BCUT2D eigenvalue weighted by molar-refractivity contribution is -0.132. The van der Waals surface area contributed by atoms with Gasteiger partial charge in [-0.1, -0.05) is 30.3 Å². The first-order valence-electron chi connectivity index (χ1n) is 7.84. The van der Waals surface area contributed by atoms with Crippen LogP contribution in [0, 0.1) is 0 Å². The molecule has 3 heteroatoms. The van der Waals surface area contributed by atoms with E-state index < -0.39 is 0 Å². The molecule has 3 nitrogen and oxygen atoms in total. The van der Waals surface area contributed by atoms with Crippen LogP contribution >= 0.6 is 0 Å². The van der Waals surface area contributed by atoms with Crippen molar-refractivity contribution < 1.29 is 4.79 Å². The van der Waals surface area contributed by atoms with E-state index in [9.17, 15) is 4.79 Å². The van der Waals surface area contributed by atoms with E-state index in [-0.39, 0.29) is 0 Å². The van der Waals surface area contributed by atoms with Crippen molar-refractivity contribution in [1.82, 2.24) is 4.90 Å². The van der Waals surface area contributed by atoms with Crippen molar-refractivity contribution in [1.29, 1.82) is 0 Å². The van der Waals surface area contributed by atoms with Gasteiger partial charge in [0.05, 0.1) is 0 Å². The number of hydrogen-bond donors (Lipinski definition) is 1. The highest BCUT2D eigenvalue weighted by molar-refractivity contribution is 5.76. The molecule has 110 valence electrons. The van der Waals surface area contributed by atoms with Crippen LogP contribution in [0.15, 0.2) is 30.3 Å². The van der Waals surface area contributed by atoms with E-state index in [0.717, 1.165) is 51.6 Å². The van der Waals surface area contributed by atoms with Crippen LogP contribution in [0.25, 0.3) is 0 Å². The van der Waals surface area contributed by atoms with Crippen LogP contribution in [0.5, 0.6) is 0 Å². The zero-order valence-electron chi connectivity index (χ0n) is 12.3. The molecular weight excluding hydrogens is 248 g/mol. The maximum atomic E-state index is 12.3. The molecule has 0 saturated carbocycles. The largest absolute Gasteiger partial charge is 0.340 e. The standard InChI is InChI=1S/C17H26N2O/c18-13-5-10-16-11-6-14-19(16)17(20)12-4-9-15-7-2-1-3-8-15/h1-3,7-8,16H,4-6,9-14,18H2. The molecule has 1 aliphatic rings. The minimum Gasteiger partial charge on any atom is -0.340 e. The van der Waals surface area contributed by atoms with Crippen molar-refractivity contribution in [3.05, 3.63) is 35.9 Å². The fourth-order valence-electron chi connectivity index (χ4n) is 3.05. The molecule has 0 aromatic heterocycles. The van der Waals surface area contributed by atoms with E-state index in [0.29, 0.717) is 18.4 Å². The Morgan fingerprint density at radius 2 is 2.05 bits per heavy atom. The monoisotopic (exact) mass is 274 g/mol. The molecule has 1 aromatic carbocycles. The van der Waals surface area contributed by atoms with E-state index in [1.807, 2.05) is 6.07 Å². The van der Waals surface area contributed by atoms with E-state index in [2.05, 4.69) is 29.2 Å². The summed E-state index contributed by atoms with van der Waals surface area (Å²) >= 11 is 0. The molecule has 1 amide bonds. The Hall–Kier alpha value is -1.35. The number of hydrogen-bond acceptors (Lipinski definition) is 2. The number of carbonyl (C=O) groups excluding carboxylic acids is 1. The van der Waals surface area contributed by atoms with Crippen molar-refractivity contribution in [2.24, 2.45) is 5.73 Å². The third kappa shape index (κ3) is 4.34. The van der Waals surface area contributed by atoms with Crippen molar-refractivity contribution in [3.8, 4) is 0 Å². The number of nitrogens with two attached hydrogens (primary N) is 1. The Morgan fingerprint density at radius 3 is 2.80 bits per heavy atom. The molecule has 2 N–H and O–H groups in total. The summed E-state index contributed by atoms with van der Waals surface area (Å²) in [5.74, 6) is 0.334. The van der Waals surface area contributed by atoms with Gasteiger partial charge < -0.3 is 10.6 Å². The van der Waals surface area contributed by atoms with Gasteiger partial charge >= 0.3 is 0 Å². The van der Waals surface area contributed by atoms with Crippen molar-refractivity contribution in [3.63, 3.8) is 0 Å². The smallest absolute Gasteiger partial charge is 0.222 e. The molecule has 0 spiro atoms. The average molecular weight is 274 g/mol. The number of carbonyl (C=O) groups is 1. The lowest BCUT2D eigenvalue weighted by Gasteiger charge is -2.24. The molecule has 1 saturated heterocycles. The van der Waals surface area contributed by atoms with Gasteiger partial charge in [0.25, 0.3) is 0 Å². The predicted molar refractivity (Wildman–Crippen MR) is 82.4 cm³/mol. The van der Waals surface area contributed by atoms with Gasteiger partial charge in [0.2, 0.25) is 5.91 Å². The van der Waals surface area contributed by atoms with E-state index >= 15 is 0 Å². The minimum absolute atomic E-state index is 0.334. The van der Waals surface area contributed by atoms with E-state index in [1.54, 1.807) is 0 Å². The number of benzene rings is 1. The number of nitrogens with zero attached hydrogens (tertiary/aromatic N) is 1. The van der Waals surface area contributed by atoms with Gasteiger partial charge in [0.15, 0.2) is 0 Å². The van der Waals surface area contributed by atoms with Crippen LogP contribution in [0.4, 0.5) is 0 Å². The molecule has 1 aromatic rings. The average Bonchev–Trinajstić information content (AvgIpc) is 2.94. The van der Waals surface area contributed by atoms with E-state index in [4.69, 9.17) is 5.73 Å². The highest BCUT2D eigenvalue weighted by Gasteiger charge is 2.27. The number of likely N-dealkylation sites (tertiary alicyclic amines) is 1. The molecule has 1 atom stereocenters. The summed E-state index contributed by atoms with van der Waals surface area (Å²) in [6.07, 6.45) is 7.02. The molecule has 0 bridgehead atoms.